The number of benzene rings is 1. The van der Waals surface area contributed by atoms with Crippen LogP contribution in [0.1, 0.15) is 59.8 Å². The highest BCUT2D eigenvalue weighted by Crippen LogP contribution is 2.42. The van der Waals surface area contributed by atoms with E-state index in [0.29, 0.717) is 28.9 Å². The van der Waals surface area contributed by atoms with Crippen molar-refractivity contribution in [2.75, 3.05) is 6.61 Å². The van der Waals surface area contributed by atoms with Crippen molar-refractivity contribution in [2.24, 2.45) is 0 Å². The third-order valence-corrected chi connectivity index (χ3v) is 12.5. The van der Waals surface area contributed by atoms with E-state index in [2.05, 4.69) is 55.9 Å². The Bertz CT molecular complexity index is 857. The van der Waals surface area contributed by atoms with Crippen LogP contribution in [0, 0.1) is 0 Å². The maximum Gasteiger partial charge on any atom is 0.573 e. The molecule has 1 aliphatic rings. The van der Waals surface area contributed by atoms with Gasteiger partial charge in [0.25, 0.3) is 5.82 Å². The first-order valence-corrected chi connectivity index (χ1v) is 13.1. The quantitative estimate of drug-likeness (QED) is 0.376. The minimum atomic E-state index is -4.70. The number of ether oxygens (including phenoxy) is 1. The molecule has 1 aliphatic heterocycles. The van der Waals surface area contributed by atoms with E-state index < -0.39 is 14.7 Å². The van der Waals surface area contributed by atoms with Gasteiger partial charge in [0.15, 0.2) is 0 Å². The summed E-state index contributed by atoms with van der Waals surface area (Å²) in [5, 5.41) is 4.64. The fourth-order valence-electron chi connectivity index (χ4n) is 5.13. The first-order valence-electron chi connectivity index (χ1n) is 10.9. The standard InChI is InChI=1S/C22H33F3N3O2Si/c1-15(2)31(16(3)4,17(5)6)29-13-19-9-12-21-26-28(14-27(19)21)18-7-10-20(11-8-18)30-22(23,24)25/h7-8,10-11,14-17,19H,9,12-13H2,1-6H3/q+1/t19-/m0/s1. The Morgan fingerprint density at radius 3 is 2.16 bits per heavy atom. The number of halogens is 3. The molecule has 172 valence electrons. The largest absolute Gasteiger partial charge is 0.573 e. The molecule has 0 saturated heterocycles. The number of nitrogens with zero attached hydrogens (tertiary/aromatic N) is 3. The fraction of sp³-hybridized carbons (Fsp3) is 0.636. The van der Waals surface area contributed by atoms with Gasteiger partial charge in [-0.25, -0.2) is 4.57 Å². The van der Waals surface area contributed by atoms with Crippen molar-refractivity contribution in [3.8, 4) is 11.4 Å². The van der Waals surface area contributed by atoms with Crippen molar-refractivity contribution in [2.45, 2.75) is 83.4 Å². The summed E-state index contributed by atoms with van der Waals surface area (Å²) in [6.45, 7) is 14.4. The molecule has 0 fully saturated rings. The van der Waals surface area contributed by atoms with Crippen LogP contribution in [0.3, 0.4) is 0 Å². The second-order valence-electron chi connectivity index (χ2n) is 9.25. The Morgan fingerprint density at radius 1 is 1.06 bits per heavy atom. The molecule has 9 heteroatoms. The number of aryl methyl sites for hydroxylation is 1. The highest BCUT2D eigenvalue weighted by atomic mass is 28.4. The lowest BCUT2D eigenvalue weighted by Crippen LogP contribution is -2.50. The first-order chi connectivity index (χ1) is 14.4. The SMILES string of the molecule is CC(C)[Si](OC[C@@H]1CCc2nn(-c3ccc(OC(F)(F)F)cc3)c[n+]21)(C(C)C)C(C)C. The topological polar surface area (TPSA) is 40.2 Å². The Kier molecular flexibility index (Phi) is 6.86. The zero-order valence-corrected chi connectivity index (χ0v) is 20.1. The summed E-state index contributed by atoms with van der Waals surface area (Å²) in [5.41, 5.74) is 2.27. The lowest BCUT2D eigenvalue weighted by Gasteiger charge is -2.42. The summed E-state index contributed by atoms with van der Waals surface area (Å²) >= 11 is 0. The van der Waals surface area contributed by atoms with Crippen molar-refractivity contribution < 1.29 is 26.9 Å². The van der Waals surface area contributed by atoms with E-state index in [-0.39, 0.29) is 11.8 Å². The molecule has 1 aromatic carbocycles. The molecular weight excluding hydrogens is 423 g/mol. The van der Waals surface area contributed by atoms with Crippen LogP contribution in [0.5, 0.6) is 5.75 Å². The summed E-state index contributed by atoms with van der Waals surface area (Å²) in [6.07, 6.45) is -0.937. The Morgan fingerprint density at radius 2 is 1.65 bits per heavy atom. The van der Waals surface area contributed by atoms with Crippen molar-refractivity contribution in [3.05, 3.63) is 36.4 Å². The molecule has 0 bridgehead atoms. The van der Waals surface area contributed by atoms with Gasteiger partial charge in [-0.1, -0.05) is 46.2 Å². The Labute approximate surface area is 183 Å². The Balaban J connectivity index is 1.75. The van der Waals surface area contributed by atoms with Crippen LogP contribution in [0.4, 0.5) is 13.2 Å². The maximum atomic E-state index is 12.4. The van der Waals surface area contributed by atoms with Gasteiger partial charge >= 0.3 is 6.36 Å². The molecule has 2 heterocycles. The summed E-state index contributed by atoms with van der Waals surface area (Å²) < 4.78 is 51.7. The van der Waals surface area contributed by atoms with E-state index in [9.17, 15) is 13.2 Å². The monoisotopic (exact) mass is 456 g/mol. The second kappa shape index (κ2) is 8.94. The summed E-state index contributed by atoms with van der Waals surface area (Å²) in [4.78, 5) is 0. The lowest BCUT2D eigenvalue weighted by molar-refractivity contribution is -0.718. The van der Waals surface area contributed by atoms with E-state index in [1.807, 2.05) is 6.33 Å². The first kappa shape index (κ1) is 23.8. The van der Waals surface area contributed by atoms with Crippen LogP contribution in [-0.4, -0.2) is 31.1 Å². The summed E-state index contributed by atoms with van der Waals surface area (Å²) in [7, 11) is -1.95. The van der Waals surface area contributed by atoms with Gasteiger partial charge in [0, 0.05) is 11.5 Å². The van der Waals surface area contributed by atoms with E-state index in [1.54, 1.807) is 16.8 Å². The molecule has 0 saturated carbocycles. The molecule has 1 atom stereocenters. The third-order valence-electron chi connectivity index (χ3n) is 6.42. The molecule has 0 radical (unpaired) electrons. The lowest BCUT2D eigenvalue weighted by atomic mass is 10.2. The number of alkyl halides is 3. The maximum absolute atomic E-state index is 12.4. The van der Waals surface area contributed by atoms with Gasteiger partial charge in [-0.15, -0.1) is 13.2 Å². The van der Waals surface area contributed by atoms with Gasteiger partial charge < -0.3 is 9.16 Å². The number of hydrogen-bond donors (Lipinski definition) is 0. The minimum Gasteiger partial charge on any atom is -0.412 e. The van der Waals surface area contributed by atoms with Crippen LogP contribution < -0.4 is 9.30 Å². The number of fused-ring (bicyclic) bond motifs is 1. The zero-order valence-electron chi connectivity index (χ0n) is 19.1. The highest BCUT2D eigenvalue weighted by molar-refractivity contribution is 6.77. The van der Waals surface area contributed by atoms with Gasteiger partial charge in [-0.2, -0.15) is 0 Å². The Hall–Kier alpha value is -1.87. The fourth-order valence-corrected chi connectivity index (χ4v) is 10.6. The van der Waals surface area contributed by atoms with Crippen LogP contribution in [0.2, 0.25) is 16.6 Å². The predicted molar refractivity (Wildman–Crippen MR) is 115 cm³/mol. The minimum absolute atomic E-state index is 0.222. The van der Waals surface area contributed by atoms with E-state index in [1.165, 1.54) is 12.1 Å². The summed E-state index contributed by atoms with van der Waals surface area (Å²) in [5.74, 6) is 0.724. The highest BCUT2D eigenvalue weighted by Gasteiger charge is 2.46. The van der Waals surface area contributed by atoms with Crippen LogP contribution in [0.15, 0.2) is 30.6 Å². The zero-order chi connectivity index (χ0) is 23.0. The predicted octanol–water partition coefficient (Wildman–Crippen LogP) is 5.74. The number of hydrogen-bond acceptors (Lipinski definition) is 3. The number of aromatic nitrogens is 3. The van der Waals surface area contributed by atoms with E-state index in [4.69, 9.17) is 4.43 Å². The molecule has 0 aliphatic carbocycles. The van der Waals surface area contributed by atoms with Gasteiger partial charge in [-0.05, 0) is 47.3 Å². The van der Waals surface area contributed by atoms with E-state index >= 15 is 0 Å². The second-order valence-corrected chi connectivity index (χ2v) is 14.7. The van der Waals surface area contributed by atoms with Crippen LogP contribution in [-0.2, 0) is 10.8 Å². The van der Waals surface area contributed by atoms with Gasteiger partial charge in [0.2, 0.25) is 14.6 Å². The van der Waals surface area contributed by atoms with Crippen LogP contribution in [0.25, 0.3) is 5.69 Å². The molecule has 3 rings (SSSR count). The molecule has 5 nitrogen and oxygen atoms in total. The van der Waals surface area contributed by atoms with Gasteiger partial charge in [0.1, 0.15) is 17.5 Å². The summed E-state index contributed by atoms with van der Waals surface area (Å²) in [6, 6.07) is 5.97. The van der Waals surface area contributed by atoms with Gasteiger partial charge in [0.05, 0.1) is 6.61 Å². The average Bonchev–Trinajstić information content (AvgIpc) is 3.22. The van der Waals surface area contributed by atoms with Gasteiger partial charge in [-0.3, -0.25) is 0 Å². The molecule has 1 aromatic heterocycles. The average molecular weight is 457 g/mol. The van der Waals surface area contributed by atoms with Crippen molar-refractivity contribution in [1.82, 2.24) is 9.78 Å². The number of rotatable bonds is 8. The smallest absolute Gasteiger partial charge is 0.412 e. The molecule has 0 spiro atoms. The molecule has 0 unspecified atom stereocenters. The van der Waals surface area contributed by atoms with Crippen molar-refractivity contribution in [3.63, 3.8) is 0 Å². The molecular formula is C22H33F3N3O2Si+. The molecule has 31 heavy (non-hydrogen) atoms. The molecule has 0 N–H and O–H groups in total. The van der Waals surface area contributed by atoms with Crippen molar-refractivity contribution in [1.29, 1.82) is 0 Å². The third kappa shape index (κ3) is 4.97. The van der Waals surface area contributed by atoms with E-state index in [0.717, 1.165) is 18.7 Å². The van der Waals surface area contributed by atoms with Crippen LogP contribution >= 0.6 is 0 Å². The molecule has 2 aromatic rings. The normalized spacial score (nSPS) is 17.1. The molecule has 0 amide bonds. The van der Waals surface area contributed by atoms with Crippen molar-refractivity contribution >= 4 is 8.32 Å².